The molecule has 8 heteroatoms. The molecule has 24 heavy (non-hydrogen) atoms. The van der Waals surface area contributed by atoms with Crippen molar-refractivity contribution in [1.82, 2.24) is 21.1 Å². The molecule has 1 fully saturated rings. The number of carbonyl (C=O) groups excluding carboxylic acids is 1. The fraction of sp³-hybridized carbons (Fsp3) is 0.562. The fourth-order valence-electron chi connectivity index (χ4n) is 2.70. The molecule has 0 bridgehead atoms. The third-order valence-electron chi connectivity index (χ3n) is 3.89. The number of hydrogen-bond acceptors (Lipinski definition) is 4. The number of halogens is 3. The molecule has 2 rings (SSSR count). The highest BCUT2D eigenvalue weighted by atomic mass is 19.4. The summed E-state index contributed by atoms with van der Waals surface area (Å²) in [5, 5.41) is 2.77. The number of nitrogens with one attached hydrogen (secondary N) is 3. The maximum absolute atomic E-state index is 12.2. The van der Waals surface area contributed by atoms with Crippen LogP contribution in [0.4, 0.5) is 13.2 Å². The average Bonchev–Trinajstić information content (AvgIpc) is 3.00. The van der Waals surface area contributed by atoms with Crippen molar-refractivity contribution in [2.45, 2.75) is 31.1 Å². The fourth-order valence-corrected chi connectivity index (χ4v) is 2.70. The van der Waals surface area contributed by atoms with Gasteiger partial charge in [0.15, 0.2) is 0 Å². The van der Waals surface area contributed by atoms with Crippen molar-refractivity contribution >= 4 is 5.91 Å². The van der Waals surface area contributed by atoms with E-state index >= 15 is 0 Å². The maximum atomic E-state index is 12.2. The molecule has 1 heterocycles. The van der Waals surface area contributed by atoms with Gasteiger partial charge in [-0.25, -0.2) is 10.9 Å². The van der Waals surface area contributed by atoms with E-state index in [1.54, 1.807) is 0 Å². The van der Waals surface area contributed by atoms with E-state index in [0.29, 0.717) is 19.4 Å². The smallest absolute Gasteiger partial charge is 0.355 e. The molecule has 1 saturated heterocycles. The van der Waals surface area contributed by atoms with Crippen molar-refractivity contribution in [3.05, 3.63) is 35.9 Å². The molecule has 1 aromatic carbocycles. The van der Waals surface area contributed by atoms with Gasteiger partial charge in [-0.1, -0.05) is 30.3 Å². The van der Waals surface area contributed by atoms with Crippen LogP contribution in [0.3, 0.4) is 0 Å². The summed E-state index contributed by atoms with van der Waals surface area (Å²) in [7, 11) is 1.42. The minimum absolute atomic E-state index is 0.0693. The Balaban J connectivity index is 1.65. The number of hydrogen-bond donors (Lipinski definition) is 3. The monoisotopic (exact) mass is 344 g/mol. The lowest BCUT2D eigenvalue weighted by Gasteiger charge is -2.18. The molecule has 0 aliphatic carbocycles. The number of amides is 1. The zero-order valence-corrected chi connectivity index (χ0v) is 13.6. The summed E-state index contributed by atoms with van der Waals surface area (Å²) in [6, 6.07) is 9.55. The van der Waals surface area contributed by atoms with Crippen LogP contribution in [0.2, 0.25) is 0 Å². The Morgan fingerprint density at radius 1 is 1.29 bits per heavy atom. The molecule has 1 aliphatic heterocycles. The van der Waals surface area contributed by atoms with Crippen LogP contribution in [0.15, 0.2) is 30.3 Å². The van der Waals surface area contributed by atoms with Crippen LogP contribution >= 0.6 is 0 Å². The van der Waals surface area contributed by atoms with Gasteiger partial charge in [-0.3, -0.25) is 9.69 Å². The molecule has 1 amide bonds. The van der Waals surface area contributed by atoms with Gasteiger partial charge in [0.05, 0.1) is 6.54 Å². The van der Waals surface area contributed by atoms with E-state index in [0.717, 1.165) is 5.56 Å². The van der Waals surface area contributed by atoms with Crippen LogP contribution in [0.5, 0.6) is 0 Å². The van der Waals surface area contributed by atoms with Gasteiger partial charge in [0.2, 0.25) is 5.91 Å². The van der Waals surface area contributed by atoms with E-state index in [4.69, 9.17) is 0 Å². The van der Waals surface area contributed by atoms with Crippen LogP contribution in [0, 0.1) is 0 Å². The molecule has 5 nitrogen and oxygen atoms in total. The molecule has 2 unspecified atom stereocenters. The first-order valence-electron chi connectivity index (χ1n) is 7.94. The molecule has 1 aromatic rings. The number of carbonyl (C=O) groups is 1. The Kier molecular flexibility index (Phi) is 6.59. The maximum Gasteiger partial charge on any atom is 0.401 e. The van der Waals surface area contributed by atoms with Crippen LogP contribution in [-0.2, 0) is 4.79 Å². The van der Waals surface area contributed by atoms with Gasteiger partial charge in [-0.2, -0.15) is 13.2 Å². The highest BCUT2D eigenvalue weighted by Gasteiger charge is 2.30. The third-order valence-corrected chi connectivity index (χ3v) is 3.89. The second-order valence-electron chi connectivity index (χ2n) is 6.04. The quantitative estimate of drug-likeness (QED) is 0.658. The van der Waals surface area contributed by atoms with Gasteiger partial charge in [0.25, 0.3) is 0 Å². The van der Waals surface area contributed by atoms with E-state index in [1.165, 1.54) is 11.9 Å². The number of nitrogens with zero attached hydrogens (tertiary/aromatic N) is 1. The Morgan fingerprint density at radius 3 is 2.67 bits per heavy atom. The Hall–Kier alpha value is -1.64. The van der Waals surface area contributed by atoms with Gasteiger partial charge in [0, 0.05) is 12.6 Å². The van der Waals surface area contributed by atoms with Gasteiger partial charge >= 0.3 is 6.18 Å². The normalized spacial score (nSPS) is 21.2. The lowest BCUT2D eigenvalue weighted by molar-refractivity contribution is -0.143. The number of rotatable bonds is 7. The van der Waals surface area contributed by atoms with Crippen molar-refractivity contribution < 1.29 is 18.0 Å². The molecular formula is C16H23F3N4O. The standard InChI is InChI=1S/C16H23F3N4O/c1-23(11-16(17,18)19)9-5-8-20-15(24)14-10-13(21-22-14)12-6-3-2-4-7-12/h2-4,6-7,13-14,21-22H,5,8-11H2,1H3,(H,20,24). The molecule has 2 atom stereocenters. The van der Waals surface area contributed by atoms with Crippen molar-refractivity contribution in [1.29, 1.82) is 0 Å². The minimum Gasteiger partial charge on any atom is -0.355 e. The first-order valence-corrected chi connectivity index (χ1v) is 7.94. The van der Waals surface area contributed by atoms with E-state index in [9.17, 15) is 18.0 Å². The molecule has 134 valence electrons. The Labute approximate surface area is 139 Å². The first-order chi connectivity index (χ1) is 11.3. The van der Waals surface area contributed by atoms with Crippen LogP contribution in [0.25, 0.3) is 0 Å². The van der Waals surface area contributed by atoms with E-state index in [-0.39, 0.29) is 24.5 Å². The lowest BCUT2D eigenvalue weighted by Crippen LogP contribution is -2.44. The molecule has 0 saturated carbocycles. The predicted molar refractivity (Wildman–Crippen MR) is 85.0 cm³/mol. The Bertz CT molecular complexity index is 524. The van der Waals surface area contributed by atoms with Crippen molar-refractivity contribution in [3.8, 4) is 0 Å². The van der Waals surface area contributed by atoms with E-state index in [2.05, 4.69) is 16.2 Å². The van der Waals surface area contributed by atoms with Crippen LogP contribution in [0.1, 0.15) is 24.4 Å². The molecular weight excluding hydrogens is 321 g/mol. The average molecular weight is 344 g/mol. The first kappa shape index (κ1) is 18.7. The minimum atomic E-state index is -4.19. The molecule has 0 radical (unpaired) electrons. The van der Waals surface area contributed by atoms with E-state index < -0.39 is 12.7 Å². The van der Waals surface area contributed by atoms with Crippen molar-refractivity contribution in [2.24, 2.45) is 0 Å². The summed E-state index contributed by atoms with van der Waals surface area (Å²) in [6.45, 7) is -0.300. The SMILES string of the molecule is CN(CCCNC(=O)C1CC(c2ccccc2)NN1)CC(F)(F)F. The zero-order valence-electron chi connectivity index (χ0n) is 13.6. The van der Waals surface area contributed by atoms with Crippen molar-refractivity contribution in [2.75, 3.05) is 26.7 Å². The highest BCUT2D eigenvalue weighted by Crippen LogP contribution is 2.21. The van der Waals surface area contributed by atoms with Gasteiger partial charge in [0.1, 0.15) is 6.04 Å². The third kappa shape index (κ3) is 6.10. The highest BCUT2D eigenvalue weighted by molar-refractivity contribution is 5.82. The number of alkyl halides is 3. The van der Waals surface area contributed by atoms with Crippen LogP contribution < -0.4 is 16.2 Å². The second kappa shape index (κ2) is 8.46. The summed E-state index contributed by atoms with van der Waals surface area (Å²) >= 11 is 0. The summed E-state index contributed by atoms with van der Waals surface area (Å²) in [5.74, 6) is -0.139. The molecule has 0 aromatic heterocycles. The summed E-state index contributed by atoms with van der Waals surface area (Å²) < 4.78 is 36.6. The summed E-state index contributed by atoms with van der Waals surface area (Å²) in [4.78, 5) is 13.3. The lowest BCUT2D eigenvalue weighted by atomic mass is 10.0. The van der Waals surface area contributed by atoms with Gasteiger partial charge < -0.3 is 5.32 Å². The predicted octanol–water partition coefficient (Wildman–Crippen LogP) is 1.59. The zero-order chi connectivity index (χ0) is 17.6. The van der Waals surface area contributed by atoms with E-state index in [1.807, 2.05) is 30.3 Å². The van der Waals surface area contributed by atoms with Crippen LogP contribution in [-0.4, -0.2) is 49.7 Å². The van der Waals surface area contributed by atoms with Gasteiger partial charge in [-0.15, -0.1) is 0 Å². The summed E-state index contributed by atoms with van der Waals surface area (Å²) in [5.41, 5.74) is 7.16. The number of hydrazine groups is 1. The largest absolute Gasteiger partial charge is 0.401 e. The topological polar surface area (TPSA) is 56.4 Å². The van der Waals surface area contributed by atoms with Crippen molar-refractivity contribution in [3.63, 3.8) is 0 Å². The summed E-state index contributed by atoms with van der Waals surface area (Å²) in [6.07, 6.45) is -3.09. The Morgan fingerprint density at radius 2 is 2.00 bits per heavy atom. The second-order valence-corrected chi connectivity index (χ2v) is 6.04. The number of benzene rings is 1. The molecule has 1 aliphatic rings. The molecule has 3 N–H and O–H groups in total. The van der Waals surface area contributed by atoms with Gasteiger partial charge in [-0.05, 0) is 32.0 Å². The molecule has 0 spiro atoms.